The van der Waals surface area contributed by atoms with Crippen LogP contribution in [-0.4, -0.2) is 65.2 Å². The second kappa shape index (κ2) is 9.13. The van der Waals surface area contributed by atoms with E-state index in [1.165, 1.54) is 6.20 Å². The molecule has 160 valence electrons. The zero-order valence-electron chi connectivity index (χ0n) is 16.9. The Morgan fingerprint density at radius 3 is 2.83 bits per heavy atom. The first-order valence-electron chi connectivity index (χ1n) is 9.81. The van der Waals surface area contributed by atoms with Gasteiger partial charge in [-0.1, -0.05) is 0 Å². The predicted molar refractivity (Wildman–Crippen MR) is 116 cm³/mol. The molecule has 1 unspecified atom stereocenters. The minimum atomic E-state index is -2.22. The molecule has 1 aliphatic carbocycles. The van der Waals surface area contributed by atoms with Crippen LogP contribution in [0, 0.1) is 5.92 Å². The highest BCUT2D eigenvalue weighted by molar-refractivity contribution is 7.98. The van der Waals surface area contributed by atoms with Gasteiger partial charge >= 0.3 is 5.97 Å². The van der Waals surface area contributed by atoms with Crippen molar-refractivity contribution in [2.75, 3.05) is 38.0 Å². The van der Waals surface area contributed by atoms with Gasteiger partial charge < -0.3 is 14.6 Å². The molecular formula is C20H29FN4O3S. The molecule has 0 radical (unpaired) electrons. The topological polar surface area (TPSA) is 87.3 Å². The molecule has 2 aromatic heterocycles. The second-order valence-electron chi connectivity index (χ2n) is 7.55. The number of pyridine rings is 1. The van der Waals surface area contributed by atoms with E-state index < -0.39 is 22.4 Å². The summed E-state index contributed by atoms with van der Waals surface area (Å²) in [4.78, 5) is 22.0. The van der Waals surface area contributed by atoms with Gasteiger partial charge in [0.15, 0.2) is 0 Å². The number of carbonyl (C=O) groups is 1. The quantitative estimate of drug-likeness (QED) is 0.502. The molecule has 7 nitrogen and oxygen atoms in total. The van der Waals surface area contributed by atoms with Crippen molar-refractivity contribution < 1.29 is 18.1 Å². The first kappa shape index (κ1) is 21.6. The first-order valence-corrected chi connectivity index (χ1v) is 11.7. The molecule has 0 amide bonds. The van der Waals surface area contributed by atoms with Crippen LogP contribution in [0.1, 0.15) is 36.0 Å². The Hall–Kier alpha value is -2.13. The Balaban J connectivity index is 1.81. The Labute approximate surface area is 171 Å². The van der Waals surface area contributed by atoms with Crippen molar-refractivity contribution in [3.8, 4) is 0 Å². The van der Waals surface area contributed by atoms with E-state index in [0.29, 0.717) is 22.9 Å². The number of nitrogens with zero attached hydrogens (tertiary/aromatic N) is 2. The number of aromatic amines is 1. The minimum absolute atomic E-state index is 0.231. The van der Waals surface area contributed by atoms with Crippen molar-refractivity contribution in [3.63, 3.8) is 0 Å². The molecule has 1 atom stereocenters. The molecule has 3 rings (SSSR count). The summed E-state index contributed by atoms with van der Waals surface area (Å²) in [7, 11) is 1.43. The number of carbonyl (C=O) groups excluding carboxylic acids is 1. The summed E-state index contributed by atoms with van der Waals surface area (Å²) in [6.07, 6.45) is 7.02. The third-order valence-electron chi connectivity index (χ3n) is 5.68. The monoisotopic (exact) mass is 424 g/mol. The maximum Gasteiger partial charge on any atom is 0.341 e. The summed E-state index contributed by atoms with van der Waals surface area (Å²) in [6, 6.07) is 2.12. The molecule has 2 heterocycles. The van der Waals surface area contributed by atoms with E-state index in [-0.39, 0.29) is 12.6 Å². The molecule has 1 saturated carbocycles. The lowest BCUT2D eigenvalue weighted by molar-refractivity contribution is 0.0481. The molecule has 0 spiro atoms. The Morgan fingerprint density at radius 1 is 1.45 bits per heavy atom. The number of hydrogen-bond acceptors (Lipinski definition) is 5. The van der Waals surface area contributed by atoms with Crippen molar-refractivity contribution in [1.82, 2.24) is 14.7 Å². The first-order chi connectivity index (χ1) is 13.9. The molecule has 29 heavy (non-hydrogen) atoms. The van der Waals surface area contributed by atoms with Crippen LogP contribution in [0.3, 0.4) is 0 Å². The average Bonchev–Trinajstić information content (AvgIpc) is 3.20. The Bertz CT molecular complexity index is 952. The second-order valence-corrected chi connectivity index (χ2v) is 9.92. The van der Waals surface area contributed by atoms with Crippen LogP contribution in [0.2, 0.25) is 0 Å². The number of anilines is 1. The molecule has 1 aliphatic rings. The number of halogens is 1. The van der Waals surface area contributed by atoms with Gasteiger partial charge in [-0.2, -0.15) is 0 Å². The van der Waals surface area contributed by atoms with Crippen molar-refractivity contribution in [2.45, 2.75) is 31.7 Å². The molecule has 1 fully saturated rings. The van der Waals surface area contributed by atoms with E-state index in [1.807, 2.05) is 13.1 Å². The Morgan fingerprint density at radius 2 is 2.17 bits per heavy atom. The number of ether oxygens (including phenoxy) is 1. The van der Waals surface area contributed by atoms with Gasteiger partial charge in [0.05, 0.1) is 5.69 Å². The smallest absolute Gasteiger partial charge is 0.341 e. The van der Waals surface area contributed by atoms with Crippen molar-refractivity contribution in [3.05, 3.63) is 24.0 Å². The maximum atomic E-state index is 12.5. The predicted octanol–water partition coefficient (Wildman–Crippen LogP) is 2.54. The summed E-state index contributed by atoms with van der Waals surface area (Å²) < 4.78 is 32.6. The van der Waals surface area contributed by atoms with Gasteiger partial charge in [-0.05, 0) is 50.6 Å². The molecule has 0 aromatic carbocycles. The van der Waals surface area contributed by atoms with Gasteiger partial charge in [0, 0.05) is 46.3 Å². The molecule has 0 saturated heterocycles. The third-order valence-corrected chi connectivity index (χ3v) is 7.44. The van der Waals surface area contributed by atoms with Gasteiger partial charge in [0.25, 0.3) is 0 Å². The zero-order chi connectivity index (χ0) is 21.0. The highest BCUT2D eigenvalue weighted by Crippen LogP contribution is 2.35. The Kier molecular flexibility index (Phi) is 6.79. The van der Waals surface area contributed by atoms with Crippen molar-refractivity contribution >= 4 is 38.3 Å². The van der Waals surface area contributed by atoms with Crippen LogP contribution in [0.15, 0.2) is 18.5 Å². The van der Waals surface area contributed by atoms with Crippen LogP contribution < -0.4 is 9.62 Å². The molecule has 9 heteroatoms. The number of nitrogens with one attached hydrogen (secondary N) is 2. The van der Waals surface area contributed by atoms with Crippen LogP contribution >= 0.6 is 0 Å². The van der Waals surface area contributed by atoms with E-state index >= 15 is 0 Å². The van der Waals surface area contributed by atoms with E-state index in [0.717, 1.165) is 36.8 Å². The summed E-state index contributed by atoms with van der Waals surface area (Å²) >= 11 is 0. The standard InChI is InChI=1S/C20H29FN4O3S/c1-22-29(3,27)13-14-4-6-15(7-5-14)25(2)18-16-8-10-23-19(16)24-12-17(18)20(26)28-11-9-21/h8,10,12,14-15H,3-7,9,11,13H2,1-2H3,(H,22,27)(H,23,24). The molecule has 2 aromatic rings. The SMILES string of the molecule is C=S(=O)(CC1CCC(N(C)c2c(C(=O)OCCF)cnc3[nH]ccc23)CC1)NC. The number of esters is 1. The molecule has 0 aliphatic heterocycles. The number of rotatable bonds is 8. The van der Waals surface area contributed by atoms with Gasteiger partial charge in [-0.25, -0.2) is 18.9 Å². The van der Waals surface area contributed by atoms with Crippen LogP contribution in [0.5, 0.6) is 0 Å². The average molecular weight is 425 g/mol. The van der Waals surface area contributed by atoms with Gasteiger partial charge in [0.2, 0.25) is 0 Å². The maximum absolute atomic E-state index is 12.5. The number of fused-ring (bicyclic) bond motifs is 1. The fraction of sp³-hybridized carbons (Fsp3) is 0.550. The van der Waals surface area contributed by atoms with Crippen molar-refractivity contribution in [2.24, 2.45) is 5.92 Å². The highest BCUT2D eigenvalue weighted by atomic mass is 32.2. The van der Waals surface area contributed by atoms with Crippen molar-refractivity contribution in [1.29, 1.82) is 0 Å². The minimum Gasteiger partial charge on any atom is -0.459 e. The van der Waals surface area contributed by atoms with Gasteiger partial charge in [-0.15, -0.1) is 0 Å². The normalized spacial score (nSPS) is 21.6. The van der Waals surface area contributed by atoms with E-state index in [9.17, 15) is 13.4 Å². The fourth-order valence-corrected chi connectivity index (χ4v) is 5.34. The summed E-state index contributed by atoms with van der Waals surface area (Å²) in [5, 5.41) is 0.834. The van der Waals surface area contributed by atoms with Crippen LogP contribution in [0.25, 0.3) is 11.0 Å². The molecule has 0 bridgehead atoms. The molecular weight excluding hydrogens is 395 g/mol. The zero-order valence-corrected chi connectivity index (χ0v) is 17.8. The summed E-state index contributed by atoms with van der Waals surface area (Å²) in [5.74, 6) is 4.17. The number of hydrogen-bond donors (Lipinski definition) is 2. The lowest BCUT2D eigenvalue weighted by Crippen LogP contribution is -2.38. The highest BCUT2D eigenvalue weighted by Gasteiger charge is 2.29. The number of alkyl halides is 1. The molecule has 2 N–H and O–H groups in total. The van der Waals surface area contributed by atoms with Gasteiger partial charge in [0.1, 0.15) is 24.5 Å². The van der Waals surface area contributed by atoms with Crippen LogP contribution in [-0.2, 0) is 14.4 Å². The summed E-state index contributed by atoms with van der Waals surface area (Å²) in [5.41, 5.74) is 1.78. The van der Waals surface area contributed by atoms with Crippen LogP contribution in [0.4, 0.5) is 10.1 Å². The third kappa shape index (κ3) is 4.90. The summed E-state index contributed by atoms with van der Waals surface area (Å²) in [6.45, 7) is -0.989. The number of H-pyrrole nitrogens is 1. The van der Waals surface area contributed by atoms with E-state index in [1.54, 1.807) is 13.2 Å². The van der Waals surface area contributed by atoms with Gasteiger partial charge in [-0.3, -0.25) is 4.21 Å². The lowest BCUT2D eigenvalue weighted by atomic mass is 9.86. The number of aromatic nitrogens is 2. The largest absolute Gasteiger partial charge is 0.459 e. The fourth-order valence-electron chi connectivity index (χ4n) is 4.08. The van der Waals surface area contributed by atoms with E-state index in [4.69, 9.17) is 4.74 Å². The van der Waals surface area contributed by atoms with E-state index in [2.05, 4.69) is 25.5 Å². The lowest BCUT2D eigenvalue weighted by Gasteiger charge is -2.37.